The van der Waals surface area contributed by atoms with Crippen molar-refractivity contribution in [1.29, 1.82) is 0 Å². The van der Waals surface area contributed by atoms with Crippen LogP contribution in [0.5, 0.6) is 0 Å². The molecule has 1 atom stereocenters. The number of halogens is 2. The summed E-state index contributed by atoms with van der Waals surface area (Å²) in [5.74, 6) is -0.514. The van der Waals surface area contributed by atoms with E-state index >= 15 is 0 Å². The van der Waals surface area contributed by atoms with Crippen LogP contribution in [-0.4, -0.2) is 67.3 Å². The number of nitrogens with one attached hydrogen (secondary N) is 1. The maximum atomic E-state index is 12.9. The zero-order valence-electron chi connectivity index (χ0n) is 19.4. The van der Waals surface area contributed by atoms with Crippen molar-refractivity contribution < 1.29 is 23.1 Å². The molecular weight excluding hydrogens is 560 g/mol. The van der Waals surface area contributed by atoms with Gasteiger partial charge in [-0.15, -0.1) is 0 Å². The molecule has 3 rings (SSSR count). The largest absolute Gasteiger partial charge is 0.465 e. The van der Waals surface area contributed by atoms with Crippen LogP contribution in [0.25, 0.3) is 0 Å². The highest BCUT2D eigenvalue weighted by Gasteiger charge is 2.28. The van der Waals surface area contributed by atoms with Crippen LogP contribution >= 0.6 is 27.5 Å². The van der Waals surface area contributed by atoms with Crippen LogP contribution < -0.4 is 11.1 Å². The van der Waals surface area contributed by atoms with Gasteiger partial charge in [0.25, 0.3) is 5.91 Å². The van der Waals surface area contributed by atoms with E-state index in [1.54, 1.807) is 26.1 Å². The number of nitrogen functional groups attached to an aromatic ring is 1. The van der Waals surface area contributed by atoms with Gasteiger partial charge in [0, 0.05) is 54.5 Å². The first-order valence-corrected chi connectivity index (χ1v) is 13.8. The number of hydrogen-bond acceptors (Lipinski definition) is 6. The van der Waals surface area contributed by atoms with Gasteiger partial charge in [-0.1, -0.05) is 34.5 Å². The average molecular weight is 588 g/mol. The molecule has 0 spiro atoms. The second-order valence-electron chi connectivity index (χ2n) is 8.44. The summed E-state index contributed by atoms with van der Waals surface area (Å²) in [6, 6.07) is 7.77. The summed E-state index contributed by atoms with van der Waals surface area (Å²) in [6.45, 7) is 3.44. The third-order valence-corrected chi connectivity index (χ3v) is 8.93. The molecule has 0 radical (unpaired) electrons. The Morgan fingerprint density at radius 1 is 1.29 bits per heavy atom. The van der Waals surface area contributed by atoms with Crippen molar-refractivity contribution in [1.82, 2.24) is 15.1 Å². The summed E-state index contributed by atoms with van der Waals surface area (Å²) in [5.41, 5.74) is 8.01. The number of nitrogens with two attached hydrogens (primary N) is 1. The molecule has 1 aliphatic rings. The number of benzene rings is 2. The van der Waals surface area contributed by atoms with Crippen LogP contribution in [-0.2, 0) is 22.9 Å². The minimum atomic E-state index is -3.49. The monoisotopic (exact) mass is 586 g/mol. The number of amides is 2. The van der Waals surface area contributed by atoms with Crippen LogP contribution in [0, 0.1) is 0 Å². The molecule has 1 fully saturated rings. The Hall–Kier alpha value is -2.34. The number of carbonyl (C=O) groups excluding carboxylic acids is 1. The van der Waals surface area contributed by atoms with Gasteiger partial charge in [0.1, 0.15) is 0 Å². The SMILES string of the molecule is CCS(=O)(=O)c1ccc(Cl)cc1CNC(=O)c1cc(Br)c(CN2CC[C@@H](N(C)C(=O)O)C2)cc1N. The quantitative estimate of drug-likeness (QED) is 0.402. The molecule has 0 aliphatic carbocycles. The Labute approximate surface area is 218 Å². The molecule has 9 nitrogen and oxygen atoms in total. The van der Waals surface area contributed by atoms with Gasteiger partial charge >= 0.3 is 6.09 Å². The Kier molecular flexibility index (Phi) is 8.68. The Bertz CT molecular complexity index is 1240. The van der Waals surface area contributed by atoms with Gasteiger partial charge in [0.2, 0.25) is 0 Å². The molecule has 190 valence electrons. The minimum Gasteiger partial charge on any atom is -0.465 e. The van der Waals surface area contributed by atoms with Gasteiger partial charge in [0.15, 0.2) is 9.84 Å². The third-order valence-electron chi connectivity index (χ3n) is 6.13. The highest BCUT2D eigenvalue weighted by molar-refractivity contribution is 9.10. The van der Waals surface area contributed by atoms with Crippen LogP contribution in [0.15, 0.2) is 39.7 Å². The lowest BCUT2D eigenvalue weighted by atomic mass is 10.1. The fourth-order valence-corrected chi connectivity index (χ4v) is 5.82. The number of sulfone groups is 1. The van der Waals surface area contributed by atoms with E-state index in [2.05, 4.69) is 26.1 Å². The van der Waals surface area contributed by atoms with E-state index in [0.29, 0.717) is 28.1 Å². The van der Waals surface area contributed by atoms with Crippen LogP contribution in [0.1, 0.15) is 34.8 Å². The fourth-order valence-electron chi connectivity index (χ4n) is 4.04. The second-order valence-corrected chi connectivity index (χ2v) is 12.0. The predicted octanol–water partition coefficient (Wildman–Crippen LogP) is 3.59. The van der Waals surface area contributed by atoms with E-state index in [0.717, 1.165) is 18.5 Å². The van der Waals surface area contributed by atoms with E-state index in [-0.39, 0.29) is 34.5 Å². The predicted molar refractivity (Wildman–Crippen MR) is 138 cm³/mol. The Balaban J connectivity index is 1.71. The van der Waals surface area contributed by atoms with Crippen LogP contribution in [0.4, 0.5) is 10.5 Å². The number of rotatable bonds is 8. The first kappa shape index (κ1) is 27.3. The van der Waals surface area contributed by atoms with Crippen molar-refractivity contribution in [3.05, 3.63) is 56.5 Å². The molecule has 2 aromatic rings. The molecule has 0 saturated carbocycles. The van der Waals surface area contributed by atoms with Gasteiger partial charge < -0.3 is 21.1 Å². The highest BCUT2D eigenvalue weighted by Crippen LogP contribution is 2.28. The molecule has 0 unspecified atom stereocenters. The number of likely N-dealkylation sites (N-methyl/N-ethyl adjacent to an activating group) is 1. The third kappa shape index (κ3) is 6.46. The number of likely N-dealkylation sites (tertiary alicyclic amines) is 1. The number of hydrogen-bond donors (Lipinski definition) is 3. The molecule has 1 saturated heterocycles. The maximum Gasteiger partial charge on any atom is 0.407 e. The second kappa shape index (κ2) is 11.2. The van der Waals surface area contributed by atoms with Crippen molar-refractivity contribution in [3.63, 3.8) is 0 Å². The fraction of sp³-hybridized carbons (Fsp3) is 0.391. The standard InChI is InChI=1S/C23H28BrClN4O5S/c1-3-35(33,34)21-5-4-16(25)8-14(21)11-27-22(30)18-10-19(24)15(9-20(18)26)12-29-7-6-17(13-29)28(2)23(31)32/h4-5,8-10,17H,3,6-7,11-13,26H2,1-2H3,(H,27,30)(H,31,32)/t17-/m1/s1. The summed E-state index contributed by atoms with van der Waals surface area (Å²) >= 11 is 9.56. The smallest absolute Gasteiger partial charge is 0.407 e. The van der Waals surface area contributed by atoms with Gasteiger partial charge in [-0.3, -0.25) is 9.69 Å². The molecule has 35 heavy (non-hydrogen) atoms. The molecule has 1 aliphatic heterocycles. The normalized spacial score (nSPS) is 16.3. The van der Waals surface area contributed by atoms with Crippen molar-refractivity contribution in [2.45, 2.75) is 37.4 Å². The van der Waals surface area contributed by atoms with Crippen molar-refractivity contribution in [2.75, 3.05) is 31.6 Å². The van der Waals surface area contributed by atoms with Gasteiger partial charge in [-0.05, 0) is 47.9 Å². The maximum absolute atomic E-state index is 12.9. The summed E-state index contributed by atoms with van der Waals surface area (Å²) in [7, 11) is -1.92. The average Bonchev–Trinajstić information content (AvgIpc) is 3.27. The summed E-state index contributed by atoms with van der Waals surface area (Å²) < 4.78 is 25.5. The molecule has 1 heterocycles. The molecule has 2 aromatic carbocycles. The summed E-state index contributed by atoms with van der Waals surface area (Å²) in [6.07, 6.45) is -0.204. The van der Waals surface area contributed by atoms with E-state index in [1.807, 2.05) is 0 Å². The van der Waals surface area contributed by atoms with Gasteiger partial charge in [-0.2, -0.15) is 0 Å². The van der Waals surface area contributed by atoms with E-state index in [1.165, 1.54) is 23.1 Å². The Morgan fingerprint density at radius 2 is 2.00 bits per heavy atom. The lowest BCUT2D eigenvalue weighted by Gasteiger charge is -2.22. The minimum absolute atomic E-state index is 0.0287. The van der Waals surface area contributed by atoms with Crippen molar-refractivity contribution in [3.8, 4) is 0 Å². The first-order valence-electron chi connectivity index (χ1n) is 11.0. The van der Waals surface area contributed by atoms with E-state index in [4.69, 9.17) is 17.3 Å². The number of carbonyl (C=O) groups is 2. The molecule has 4 N–H and O–H groups in total. The summed E-state index contributed by atoms with van der Waals surface area (Å²) in [4.78, 5) is 27.7. The van der Waals surface area contributed by atoms with Gasteiger partial charge in [-0.25, -0.2) is 13.2 Å². The Morgan fingerprint density at radius 3 is 2.66 bits per heavy atom. The number of nitrogens with zero attached hydrogens (tertiary/aromatic N) is 2. The van der Waals surface area contributed by atoms with Crippen LogP contribution in [0.3, 0.4) is 0 Å². The zero-order valence-corrected chi connectivity index (χ0v) is 22.6. The topological polar surface area (TPSA) is 133 Å². The van der Waals surface area contributed by atoms with E-state index < -0.39 is 21.8 Å². The molecule has 0 aromatic heterocycles. The highest BCUT2D eigenvalue weighted by atomic mass is 79.9. The molecular formula is C23H28BrClN4O5S. The molecule has 12 heteroatoms. The first-order chi connectivity index (χ1) is 16.4. The lowest BCUT2D eigenvalue weighted by molar-refractivity contribution is 0.0951. The van der Waals surface area contributed by atoms with Gasteiger partial charge in [0.05, 0.1) is 16.2 Å². The van der Waals surface area contributed by atoms with Crippen molar-refractivity contribution >= 4 is 55.1 Å². The lowest BCUT2D eigenvalue weighted by Crippen LogP contribution is -2.37. The summed E-state index contributed by atoms with van der Waals surface area (Å²) in [5, 5.41) is 12.3. The molecule has 0 bridgehead atoms. The van der Waals surface area contributed by atoms with E-state index in [9.17, 15) is 23.1 Å². The molecule has 2 amide bonds. The zero-order chi connectivity index (χ0) is 25.9. The van der Waals surface area contributed by atoms with Crippen molar-refractivity contribution in [2.24, 2.45) is 0 Å². The number of anilines is 1. The number of carboxylic acid groups (broad SMARTS) is 1. The van der Waals surface area contributed by atoms with Crippen LogP contribution in [0.2, 0.25) is 5.02 Å².